The molecule has 1 aromatic carbocycles. The fourth-order valence-corrected chi connectivity index (χ4v) is 7.79. The number of likely N-dealkylation sites (tertiary alicyclic amines) is 1. The maximum Gasteiger partial charge on any atom is 0.245 e. The number of amides is 10. The normalized spacial score (nSPS) is 17.8. The molecule has 0 unspecified atom stereocenters. The molecule has 2 aliphatic heterocycles. The van der Waals surface area contributed by atoms with Crippen LogP contribution in [0.2, 0.25) is 0 Å². The number of primary amides is 2. The Morgan fingerprint density at radius 2 is 1.23 bits per heavy atom. The van der Waals surface area contributed by atoms with E-state index < -0.39 is 108 Å². The highest BCUT2D eigenvalue weighted by molar-refractivity contribution is 5.99. The predicted molar refractivity (Wildman–Crippen MR) is 256 cm³/mol. The molecule has 3 rings (SSSR count). The average Bonchev–Trinajstić information content (AvgIpc) is 3.97. The summed E-state index contributed by atoms with van der Waals surface area (Å²) in [5.74, 6) is -7.79. The molecule has 8 atom stereocenters. The van der Waals surface area contributed by atoms with Gasteiger partial charge in [-0.25, -0.2) is 0 Å². The van der Waals surface area contributed by atoms with Crippen LogP contribution >= 0.6 is 0 Å². The third-order valence-electron chi connectivity index (χ3n) is 11.4. The summed E-state index contributed by atoms with van der Waals surface area (Å²) in [5, 5.41) is 18.3. The molecule has 0 aromatic heterocycles. The van der Waals surface area contributed by atoms with Gasteiger partial charge in [-0.2, -0.15) is 0 Å². The Kier molecular flexibility index (Phi) is 22.8. The third kappa shape index (κ3) is 19.2. The van der Waals surface area contributed by atoms with Gasteiger partial charge in [0.25, 0.3) is 0 Å². The summed E-state index contributed by atoms with van der Waals surface area (Å²) in [4.78, 5) is 141. The van der Waals surface area contributed by atoms with Crippen molar-refractivity contribution >= 4 is 71.0 Å². The summed E-state index contributed by atoms with van der Waals surface area (Å²) in [6.45, 7) is 5.28. The van der Waals surface area contributed by atoms with Crippen LogP contribution in [0.1, 0.15) is 90.5 Å². The van der Waals surface area contributed by atoms with Gasteiger partial charge in [-0.1, -0.05) is 44.2 Å². The number of nitrogens with one attached hydrogen (secondary N) is 7. The van der Waals surface area contributed by atoms with Crippen molar-refractivity contribution in [3.63, 3.8) is 0 Å². The van der Waals surface area contributed by atoms with Crippen molar-refractivity contribution < 1.29 is 47.9 Å². The van der Waals surface area contributed by atoms with Crippen LogP contribution in [0.5, 0.6) is 0 Å². The van der Waals surface area contributed by atoms with Crippen LogP contribution in [0, 0.1) is 5.92 Å². The standard InChI is InChI=1S/C44H70N16O10/c1-23(2)20-30(58-40(68)31(21-25-10-5-4-6-11-25)59-38(66)27-15-16-34(62)54-27)39(67)53-24(3)36(64)56-28(13-8-18-52-44(49)50)42(70)60-19-9-14-32(60)41(69)55-26(12-7-17-51-43(47)48)37(65)57-29(35(46)63)22-33(45)61/h4-6,10-11,23-24,26-32H,7-9,12-22H2,1-3H3,(H2,45,61)(H2,46,63)(H,53,67)(H,54,62)(H,55,69)(H,56,64)(H,57,65)(H,58,68)(H,59,66)(H4,47,48,51)(H4,49,50,52)/t24-,26-,27-,28-,29-,30-,31-,32-/m0/s1. The molecule has 10 amide bonds. The SMILES string of the molecule is CC(C)C[C@H](NC(=O)[C@H](Cc1ccccc1)NC(=O)[C@@H]1CCC(=O)N1)C(=O)N[C@@H](C)C(=O)N[C@@H](CCCN=C(N)N)C(=O)N1CCC[C@H]1C(=O)N[C@@H](CCCN=C(N)N)C(=O)N[C@@H](CC(N)=O)C(N)=O. The van der Waals surface area contributed by atoms with Gasteiger partial charge in [-0.3, -0.25) is 57.9 Å². The fourth-order valence-electron chi connectivity index (χ4n) is 7.79. The second-order valence-corrected chi connectivity index (χ2v) is 17.7. The highest BCUT2D eigenvalue weighted by Gasteiger charge is 2.40. The van der Waals surface area contributed by atoms with Crippen LogP contribution in [0.3, 0.4) is 0 Å². The summed E-state index contributed by atoms with van der Waals surface area (Å²) >= 11 is 0. The summed E-state index contributed by atoms with van der Waals surface area (Å²) < 4.78 is 0. The molecule has 0 spiro atoms. The molecule has 2 fully saturated rings. The van der Waals surface area contributed by atoms with Gasteiger partial charge < -0.3 is 76.5 Å². The molecule has 2 heterocycles. The Hall–Kier alpha value is -7.54. The van der Waals surface area contributed by atoms with Gasteiger partial charge in [0.05, 0.1) is 6.42 Å². The lowest BCUT2D eigenvalue weighted by Crippen LogP contribution is -2.60. The quantitative estimate of drug-likeness (QED) is 0.0213. The number of guanidine groups is 2. The summed E-state index contributed by atoms with van der Waals surface area (Å²) in [5.41, 5.74) is 33.2. The molecule has 2 saturated heterocycles. The monoisotopic (exact) mass is 983 g/mol. The van der Waals surface area contributed by atoms with Gasteiger partial charge >= 0.3 is 0 Å². The van der Waals surface area contributed by atoms with E-state index in [1.807, 2.05) is 13.8 Å². The van der Waals surface area contributed by atoms with E-state index in [-0.39, 0.29) is 101 Å². The number of nitrogens with two attached hydrogens (primary N) is 6. The van der Waals surface area contributed by atoms with Crippen LogP contribution in [0.4, 0.5) is 0 Å². The molecule has 70 heavy (non-hydrogen) atoms. The predicted octanol–water partition coefficient (Wildman–Crippen LogP) is -5.06. The van der Waals surface area contributed by atoms with Crippen molar-refractivity contribution in [2.24, 2.45) is 50.3 Å². The molecule has 0 bridgehead atoms. The number of rotatable bonds is 28. The Morgan fingerprint density at radius 1 is 0.671 bits per heavy atom. The molecule has 0 radical (unpaired) electrons. The molecule has 0 aliphatic carbocycles. The lowest BCUT2D eigenvalue weighted by molar-refractivity contribution is -0.142. The maximum atomic E-state index is 14.4. The Bertz CT molecular complexity index is 2100. The van der Waals surface area contributed by atoms with Crippen LogP contribution in [0.25, 0.3) is 0 Å². The highest BCUT2D eigenvalue weighted by atomic mass is 16.2. The average molecular weight is 983 g/mol. The van der Waals surface area contributed by atoms with Gasteiger partial charge in [-0.15, -0.1) is 0 Å². The van der Waals surface area contributed by atoms with E-state index in [0.29, 0.717) is 6.42 Å². The second kappa shape index (κ2) is 28.1. The zero-order valence-corrected chi connectivity index (χ0v) is 39.9. The zero-order valence-electron chi connectivity index (χ0n) is 39.9. The van der Waals surface area contributed by atoms with Crippen molar-refractivity contribution in [2.75, 3.05) is 19.6 Å². The van der Waals surface area contributed by atoms with Gasteiger partial charge in [0, 0.05) is 32.5 Å². The van der Waals surface area contributed by atoms with E-state index in [0.717, 1.165) is 5.56 Å². The molecule has 19 N–H and O–H groups in total. The molecule has 1 aromatic rings. The Balaban J connectivity index is 1.80. The molecule has 26 heteroatoms. The second-order valence-electron chi connectivity index (χ2n) is 17.7. The smallest absolute Gasteiger partial charge is 0.245 e. The largest absolute Gasteiger partial charge is 0.370 e. The maximum absolute atomic E-state index is 14.4. The number of carbonyl (C=O) groups is 10. The first-order valence-electron chi connectivity index (χ1n) is 23.2. The van der Waals surface area contributed by atoms with Gasteiger partial charge in [0.1, 0.15) is 48.3 Å². The lowest BCUT2D eigenvalue weighted by Gasteiger charge is -2.31. The first-order valence-corrected chi connectivity index (χ1v) is 23.2. The molecular weight excluding hydrogens is 913 g/mol. The fraction of sp³-hybridized carbons (Fsp3) is 0.591. The van der Waals surface area contributed by atoms with Crippen molar-refractivity contribution in [3.8, 4) is 0 Å². The van der Waals surface area contributed by atoms with E-state index in [4.69, 9.17) is 34.4 Å². The molecular formula is C44H70N16O10. The van der Waals surface area contributed by atoms with Crippen molar-refractivity contribution in [1.29, 1.82) is 0 Å². The summed E-state index contributed by atoms with van der Waals surface area (Å²) in [6, 6.07) is -0.703. The van der Waals surface area contributed by atoms with E-state index in [9.17, 15) is 47.9 Å². The van der Waals surface area contributed by atoms with Crippen LogP contribution in [-0.4, -0.2) is 144 Å². The van der Waals surface area contributed by atoms with Crippen LogP contribution in [-0.2, 0) is 54.4 Å². The minimum Gasteiger partial charge on any atom is -0.370 e. The molecule has 0 saturated carbocycles. The van der Waals surface area contributed by atoms with Crippen LogP contribution in [0.15, 0.2) is 40.3 Å². The minimum absolute atomic E-state index is 0.0118. The van der Waals surface area contributed by atoms with E-state index >= 15 is 0 Å². The number of hydrogen-bond donors (Lipinski definition) is 13. The van der Waals surface area contributed by atoms with Crippen LogP contribution < -0.4 is 71.6 Å². The first-order chi connectivity index (χ1) is 33.1. The van der Waals surface area contributed by atoms with Crippen molar-refractivity contribution in [1.82, 2.24) is 42.1 Å². The Morgan fingerprint density at radius 3 is 1.79 bits per heavy atom. The molecule has 26 nitrogen and oxygen atoms in total. The minimum atomic E-state index is -1.48. The number of aliphatic imine (C=N–C) groups is 2. The summed E-state index contributed by atoms with van der Waals surface area (Å²) in [6.07, 6.45) is 0.877. The summed E-state index contributed by atoms with van der Waals surface area (Å²) in [7, 11) is 0. The van der Waals surface area contributed by atoms with E-state index in [1.165, 1.54) is 11.8 Å². The van der Waals surface area contributed by atoms with Crippen molar-refractivity contribution in [3.05, 3.63) is 35.9 Å². The van der Waals surface area contributed by atoms with Crippen molar-refractivity contribution in [2.45, 2.75) is 140 Å². The number of hydrogen-bond acceptors (Lipinski definition) is 12. The third-order valence-corrected chi connectivity index (χ3v) is 11.4. The molecule has 386 valence electrons. The first kappa shape index (κ1) is 56.8. The lowest BCUT2D eigenvalue weighted by atomic mass is 10.0. The topological polar surface area (TPSA) is 439 Å². The zero-order chi connectivity index (χ0) is 52.1. The van der Waals surface area contributed by atoms with Gasteiger partial charge in [0.15, 0.2) is 11.9 Å². The number of nitrogens with zero attached hydrogens (tertiary/aromatic N) is 3. The highest BCUT2D eigenvalue weighted by Crippen LogP contribution is 2.21. The number of carbonyl (C=O) groups excluding carboxylic acids is 10. The van der Waals surface area contributed by atoms with Gasteiger partial charge in [-0.05, 0) is 69.8 Å². The van der Waals surface area contributed by atoms with E-state index in [1.54, 1.807) is 30.3 Å². The molecule has 2 aliphatic rings. The Labute approximate surface area is 405 Å². The van der Waals surface area contributed by atoms with E-state index in [2.05, 4.69) is 47.2 Å². The number of benzene rings is 1. The van der Waals surface area contributed by atoms with Gasteiger partial charge in [0.2, 0.25) is 59.1 Å².